The van der Waals surface area contributed by atoms with Gasteiger partial charge in [0.1, 0.15) is 0 Å². The van der Waals surface area contributed by atoms with Gasteiger partial charge in [0.25, 0.3) is 0 Å². The third-order valence-corrected chi connectivity index (χ3v) is 3.93. The molecule has 0 saturated heterocycles. The highest BCUT2D eigenvalue weighted by Gasteiger charge is 2.12. The average Bonchev–Trinajstić information content (AvgIpc) is 2.34. The fourth-order valence-corrected chi connectivity index (χ4v) is 2.58. The maximum Gasteiger partial charge on any atom is 0.237 e. The largest absolute Gasteiger partial charge is 0.351 e. The van der Waals surface area contributed by atoms with Gasteiger partial charge in [-0.05, 0) is 36.1 Å². The number of rotatable bonds is 6. The van der Waals surface area contributed by atoms with Crippen molar-refractivity contribution in [3.8, 4) is 0 Å². The van der Waals surface area contributed by atoms with Crippen LogP contribution in [0.25, 0.3) is 0 Å². The molecule has 0 bridgehead atoms. The Morgan fingerprint density at radius 1 is 1.61 bits per heavy atom. The Bertz CT molecular complexity index is 417. The summed E-state index contributed by atoms with van der Waals surface area (Å²) in [6, 6.07) is 5.12. The molecule has 0 aliphatic carbocycles. The van der Waals surface area contributed by atoms with Gasteiger partial charge in [-0.25, -0.2) is 0 Å². The molecule has 0 heterocycles. The highest BCUT2D eigenvalue weighted by atomic mass is 79.9. The Hall–Kier alpha value is -0.230. The molecule has 3 N–H and O–H groups in total. The molecule has 6 heteroatoms. The van der Waals surface area contributed by atoms with E-state index in [1.165, 1.54) is 0 Å². The van der Waals surface area contributed by atoms with E-state index in [0.717, 1.165) is 15.8 Å². The van der Waals surface area contributed by atoms with Gasteiger partial charge in [-0.3, -0.25) is 4.79 Å². The lowest BCUT2D eigenvalue weighted by Crippen LogP contribution is -2.40. The first-order valence-electron chi connectivity index (χ1n) is 5.50. The molecule has 100 valence electrons. The summed E-state index contributed by atoms with van der Waals surface area (Å²) in [5.74, 6) is 0.746. The minimum Gasteiger partial charge on any atom is -0.351 e. The molecule has 1 atom stereocenters. The van der Waals surface area contributed by atoms with Gasteiger partial charge in [-0.15, -0.1) is 0 Å². The minimum absolute atomic E-state index is 0.136. The summed E-state index contributed by atoms with van der Waals surface area (Å²) >= 11 is 11.1. The summed E-state index contributed by atoms with van der Waals surface area (Å²) in [6.07, 6.45) is 2.67. The van der Waals surface area contributed by atoms with Crippen LogP contribution in [0.4, 0.5) is 0 Å². The van der Waals surface area contributed by atoms with Crippen LogP contribution in [0.5, 0.6) is 0 Å². The predicted molar refractivity (Wildman–Crippen MR) is 82.0 cm³/mol. The van der Waals surface area contributed by atoms with Crippen molar-refractivity contribution < 1.29 is 4.79 Å². The van der Waals surface area contributed by atoms with E-state index in [9.17, 15) is 4.79 Å². The number of thioether (sulfide) groups is 1. The Morgan fingerprint density at radius 2 is 2.33 bits per heavy atom. The van der Waals surface area contributed by atoms with Gasteiger partial charge in [-0.1, -0.05) is 33.6 Å². The lowest BCUT2D eigenvalue weighted by molar-refractivity contribution is -0.122. The first-order chi connectivity index (χ1) is 8.54. The number of amides is 1. The van der Waals surface area contributed by atoms with E-state index < -0.39 is 6.04 Å². The Kier molecular flexibility index (Phi) is 7.07. The molecule has 0 aliphatic rings. The Morgan fingerprint density at radius 3 is 2.94 bits per heavy atom. The monoisotopic (exact) mass is 350 g/mol. The predicted octanol–water partition coefficient (Wildman–Crippen LogP) is 2.80. The SMILES string of the molecule is CSCC[C@H](N)C(=O)NCc1ccc(Br)cc1Cl. The van der Waals surface area contributed by atoms with Gasteiger partial charge in [0.2, 0.25) is 5.91 Å². The van der Waals surface area contributed by atoms with Crippen LogP contribution < -0.4 is 11.1 Å². The van der Waals surface area contributed by atoms with Crippen molar-refractivity contribution >= 4 is 45.2 Å². The van der Waals surface area contributed by atoms with Gasteiger partial charge in [0.05, 0.1) is 6.04 Å². The van der Waals surface area contributed by atoms with Crippen LogP contribution in [0, 0.1) is 0 Å². The molecule has 18 heavy (non-hydrogen) atoms. The first-order valence-corrected chi connectivity index (χ1v) is 8.07. The zero-order valence-corrected chi connectivity index (χ0v) is 13.2. The van der Waals surface area contributed by atoms with Crippen LogP contribution in [0.1, 0.15) is 12.0 Å². The van der Waals surface area contributed by atoms with Crippen LogP contribution in [0.15, 0.2) is 22.7 Å². The van der Waals surface area contributed by atoms with E-state index in [1.54, 1.807) is 17.8 Å². The maximum absolute atomic E-state index is 11.7. The van der Waals surface area contributed by atoms with Crippen molar-refractivity contribution in [1.29, 1.82) is 0 Å². The number of nitrogens with two attached hydrogens (primary N) is 1. The highest BCUT2D eigenvalue weighted by Crippen LogP contribution is 2.21. The minimum atomic E-state index is -0.452. The van der Waals surface area contributed by atoms with Crippen molar-refractivity contribution in [2.75, 3.05) is 12.0 Å². The fourth-order valence-electron chi connectivity index (χ4n) is 1.35. The number of carbonyl (C=O) groups excluding carboxylic acids is 1. The molecule has 0 aromatic heterocycles. The summed E-state index contributed by atoms with van der Waals surface area (Å²) in [6.45, 7) is 0.401. The summed E-state index contributed by atoms with van der Waals surface area (Å²) in [7, 11) is 0. The molecule has 0 fully saturated rings. The topological polar surface area (TPSA) is 55.1 Å². The lowest BCUT2D eigenvalue weighted by Gasteiger charge is -2.12. The van der Waals surface area contributed by atoms with E-state index in [0.29, 0.717) is 18.0 Å². The van der Waals surface area contributed by atoms with Crippen LogP contribution in [0.3, 0.4) is 0 Å². The molecule has 0 radical (unpaired) electrons. The Labute approximate surface area is 125 Å². The fraction of sp³-hybridized carbons (Fsp3) is 0.417. The molecule has 3 nitrogen and oxygen atoms in total. The summed E-state index contributed by atoms with van der Waals surface area (Å²) in [4.78, 5) is 11.7. The van der Waals surface area contributed by atoms with Crippen LogP contribution in [0.2, 0.25) is 5.02 Å². The number of benzene rings is 1. The lowest BCUT2D eigenvalue weighted by atomic mass is 10.2. The number of nitrogens with one attached hydrogen (secondary N) is 1. The smallest absolute Gasteiger partial charge is 0.237 e. The molecule has 0 spiro atoms. The first kappa shape index (κ1) is 15.8. The molecular weight excluding hydrogens is 336 g/mol. The van der Waals surface area contributed by atoms with Crippen molar-refractivity contribution in [2.45, 2.75) is 19.0 Å². The van der Waals surface area contributed by atoms with Crippen molar-refractivity contribution in [2.24, 2.45) is 5.73 Å². The zero-order chi connectivity index (χ0) is 13.5. The molecular formula is C12H16BrClN2OS. The molecule has 1 amide bonds. The number of hydrogen-bond acceptors (Lipinski definition) is 3. The van der Waals surface area contributed by atoms with Gasteiger partial charge in [0.15, 0.2) is 0 Å². The summed E-state index contributed by atoms with van der Waals surface area (Å²) < 4.78 is 0.916. The van der Waals surface area contributed by atoms with E-state index in [4.69, 9.17) is 17.3 Å². The molecule has 1 aromatic carbocycles. The van der Waals surface area contributed by atoms with Crippen molar-refractivity contribution in [3.05, 3.63) is 33.3 Å². The van der Waals surface area contributed by atoms with Gasteiger partial charge in [0, 0.05) is 16.0 Å². The highest BCUT2D eigenvalue weighted by molar-refractivity contribution is 9.10. The number of carbonyl (C=O) groups is 1. The number of halogens is 2. The van der Waals surface area contributed by atoms with E-state index >= 15 is 0 Å². The maximum atomic E-state index is 11.7. The van der Waals surface area contributed by atoms with Gasteiger partial charge < -0.3 is 11.1 Å². The molecule has 0 saturated carbocycles. The van der Waals surface area contributed by atoms with Crippen LogP contribution in [-0.4, -0.2) is 24.0 Å². The van der Waals surface area contributed by atoms with Crippen LogP contribution >= 0.6 is 39.3 Å². The average molecular weight is 352 g/mol. The van der Waals surface area contributed by atoms with Gasteiger partial charge in [-0.2, -0.15) is 11.8 Å². The third kappa shape index (κ3) is 5.18. The normalized spacial score (nSPS) is 12.2. The van der Waals surface area contributed by atoms with Crippen molar-refractivity contribution in [3.63, 3.8) is 0 Å². The second-order valence-corrected chi connectivity index (χ2v) is 6.15. The number of hydrogen-bond donors (Lipinski definition) is 2. The third-order valence-electron chi connectivity index (χ3n) is 2.44. The van der Waals surface area contributed by atoms with E-state index in [-0.39, 0.29) is 5.91 Å². The zero-order valence-electron chi connectivity index (χ0n) is 10.1. The quantitative estimate of drug-likeness (QED) is 0.828. The van der Waals surface area contributed by atoms with Crippen molar-refractivity contribution in [1.82, 2.24) is 5.32 Å². The molecule has 0 unspecified atom stereocenters. The standard InChI is InChI=1S/C12H16BrClN2OS/c1-18-5-4-11(15)12(17)16-7-8-2-3-9(13)6-10(8)14/h2-3,6,11H,4-5,7,15H2,1H3,(H,16,17)/t11-/m0/s1. The van der Waals surface area contributed by atoms with Crippen LogP contribution in [-0.2, 0) is 11.3 Å². The van der Waals surface area contributed by atoms with E-state index in [1.807, 2.05) is 18.4 Å². The van der Waals surface area contributed by atoms with Gasteiger partial charge >= 0.3 is 0 Å². The summed E-state index contributed by atoms with van der Waals surface area (Å²) in [5, 5.41) is 3.42. The van der Waals surface area contributed by atoms with E-state index in [2.05, 4.69) is 21.2 Å². The second-order valence-electron chi connectivity index (χ2n) is 3.84. The molecule has 1 aromatic rings. The molecule has 0 aliphatic heterocycles. The Balaban J connectivity index is 2.47. The summed E-state index contributed by atoms with van der Waals surface area (Å²) in [5.41, 5.74) is 6.64. The second kappa shape index (κ2) is 8.04. The molecule has 1 rings (SSSR count).